The number of aryl methyl sites for hydroxylation is 3. The van der Waals surface area contributed by atoms with Crippen molar-refractivity contribution in [1.29, 1.82) is 0 Å². The zero-order chi connectivity index (χ0) is 22.3. The summed E-state index contributed by atoms with van der Waals surface area (Å²) >= 11 is 0. The lowest BCUT2D eigenvalue weighted by Gasteiger charge is -2.24. The SMILES string of the molecule is Cc1ccc(CN(Cc2cc3cc(C)cc(C)c3n3nnnc23)C(=O)C(F)(F)F)cc1. The van der Waals surface area contributed by atoms with Gasteiger partial charge in [-0.1, -0.05) is 41.5 Å². The molecule has 0 saturated carbocycles. The first kappa shape index (κ1) is 20.8. The van der Waals surface area contributed by atoms with E-state index in [0.29, 0.717) is 16.8 Å². The van der Waals surface area contributed by atoms with E-state index in [9.17, 15) is 18.0 Å². The van der Waals surface area contributed by atoms with Crippen LogP contribution < -0.4 is 0 Å². The number of pyridine rings is 1. The van der Waals surface area contributed by atoms with Crippen LogP contribution in [0.1, 0.15) is 27.8 Å². The van der Waals surface area contributed by atoms with Gasteiger partial charge in [-0.2, -0.15) is 17.7 Å². The molecule has 160 valence electrons. The van der Waals surface area contributed by atoms with Gasteiger partial charge in [0.15, 0.2) is 5.65 Å². The van der Waals surface area contributed by atoms with Gasteiger partial charge in [-0.3, -0.25) is 4.79 Å². The Bertz CT molecular complexity index is 1280. The monoisotopic (exact) mass is 427 g/mol. The summed E-state index contributed by atoms with van der Waals surface area (Å²) in [5, 5.41) is 12.5. The molecule has 0 aliphatic rings. The van der Waals surface area contributed by atoms with Crippen LogP contribution >= 0.6 is 0 Å². The fourth-order valence-corrected chi connectivity index (χ4v) is 3.80. The molecule has 2 aromatic carbocycles. The summed E-state index contributed by atoms with van der Waals surface area (Å²) in [6, 6.07) is 12.7. The van der Waals surface area contributed by atoms with E-state index in [-0.39, 0.29) is 13.1 Å². The second kappa shape index (κ2) is 7.64. The Kier molecular flexibility index (Phi) is 5.12. The average molecular weight is 427 g/mol. The van der Waals surface area contributed by atoms with E-state index in [0.717, 1.165) is 32.5 Å². The Hall–Kier alpha value is -3.49. The third-order valence-electron chi connectivity index (χ3n) is 5.16. The second-order valence-corrected chi connectivity index (χ2v) is 7.75. The molecule has 0 unspecified atom stereocenters. The van der Waals surface area contributed by atoms with Gasteiger partial charge in [0.1, 0.15) is 0 Å². The lowest BCUT2D eigenvalue weighted by atomic mass is 10.0. The highest BCUT2D eigenvalue weighted by Gasteiger charge is 2.42. The molecule has 31 heavy (non-hydrogen) atoms. The zero-order valence-electron chi connectivity index (χ0n) is 17.2. The van der Waals surface area contributed by atoms with Crippen molar-refractivity contribution >= 4 is 22.5 Å². The number of alkyl halides is 3. The lowest BCUT2D eigenvalue weighted by Crippen LogP contribution is -2.40. The molecule has 4 rings (SSSR count). The number of carbonyl (C=O) groups excluding carboxylic acids is 1. The number of benzene rings is 2. The number of hydrogen-bond acceptors (Lipinski definition) is 4. The Morgan fingerprint density at radius 1 is 1.00 bits per heavy atom. The maximum Gasteiger partial charge on any atom is 0.471 e. The molecule has 2 aromatic heterocycles. The van der Waals surface area contributed by atoms with Crippen LogP contribution in [0.25, 0.3) is 16.6 Å². The van der Waals surface area contributed by atoms with Crippen LogP contribution in [0.4, 0.5) is 13.2 Å². The van der Waals surface area contributed by atoms with Crippen LogP contribution in [0.15, 0.2) is 42.5 Å². The van der Waals surface area contributed by atoms with Crippen LogP contribution in [0, 0.1) is 20.8 Å². The zero-order valence-corrected chi connectivity index (χ0v) is 17.2. The van der Waals surface area contributed by atoms with E-state index in [4.69, 9.17) is 0 Å². The van der Waals surface area contributed by atoms with Crippen LogP contribution in [0.3, 0.4) is 0 Å². The normalized spacial score (nSPS) is 11.9. The molecule has 0 radical (unpaired) electrons. The smallest absolute Gasteiger partial charge is 0.326 e. The molecule has 1 amide bonds. The fourth-order valence-electron chi connectivity index (χ4n) is 3.80. The molecule has 0 aliphatic carbocycles. The standard InChI is InChI=1S/C22H20F3N5O/c1-13-4-6-16(7-5-13)11-29(21(31)22(23,24)25)12-18-10-17-9-14(2)8-15(3)19(17)30-20(18)26-27-28-30/h4-10H,11-12H2,1-3H3. The molecular formula is C22H20F3N5O. The quantitative estimate of drug-likeness (QED) is 0.487. The molecule has 2 heterocycles. The van der Waals surface area contributed by atoms with Gasteiger partial charge >= 0.3 is 12.1 Å². The number of rotatable bonds is 4. The summed E-state index contributed by atoms with van der Waals surface area (Å²) < 4.78 is 41.5. The highest BCUT2D eigenvalue weighted by Crippen LogP contribution is 2.27. The molecule has 9 heteroatoms. The highest BCUT2D eigenvalue weighted by atomic mass is 19.4. The van der Waals surface area contributed by atoms with E-state index >= 15 is 0 Å². The third kappa shape index (κ3) is 4.08. The molecule has 0 aliphatic heterocycles. The molecule has 0 N–H and O–H groups in total. The van der Waals surface area contributed by atoms with Crippen molar-refractivity contribution in [3.05, 3.63) is 70.3 Å². The number of amides is 1. The molecular weight excluding hydrogens is 407 g/mol. The predicted molar refractivity (Wildman–Crippen MR) is 109 cm³/mol. The van der Waals surface area contributed by atoms with Gasteiger partial charge in [0.05, 0.1) is 12.1 Å². The van der Waals surface area contributed by atoms with Crippen molar-refractivity contribution in [2.45, 2.75) is 40.0 Å². The van der Waals surface area contributed by atoms with Gasteiger partial charge in [-0.25, -0.2) is 0 Å². The number of hydrogen-bond donors (Lipinski definition) is 0. The van der Waals surface area contributed by atoms with E-state index < -0.39 is 12.1 Å². The second-order valence-electron chi connectivity index (χ2n) is 7.75. The first-order valence-corrected chi connectivity index (χ1v) is 9.66. The van der Waals surface area contributed by atoms with Gasteiger partial charge in [0, 0.05) is 17.5 Å². The molecule has 0 saturated heterocycles. The van der Waals surface area contributed by atoms with Crippen molar-refractivity contribution in [2.75, 3.05) is 0 Å². The van der Waals surface area contributed by atoms with Crippen LogP contribution in [0.2, 0.25) is 0 Å². The fraction of sp³-hybridized carbons (Fsp3) is 0.273. The number of aromatic nitrogens is 4. The van der Waals surface area contributed by atoms with Crippen molar-refractivity contribution in [2.24, 2.45) is 0 Å². The van der Waals surface area contributed by atoms with Gasteiger partial charge in [-0.05, 0) is 54.5 Å². The first-order chi connectivity index (χ1) is 14.6. The average Bonchev–Trinajstić information content (AvgIpc) is 3.17. The summed E-state index contributed by atoms with van der Waals surface area (Å²) in [5.41, 5.74) is 5.07. The molecule has 0 spiro atoms. The number of carbonyl (C=O) groups is 1. The van der Waals surface area contributed by atoms with Gasteiger partial charge in [-0.15, -0.1) is 5.10 Å². The van der Waals surface area contributed by atoms with Crippen molar-refractivity contribution in [1.82, 2.24) is 24.9 Å². The Balaban J connectivity index is 1.80. The molecule has 4 aromatic rings. The first-order valence-electron chi connectivity index (χ1n) is 9.66. The minimum Gasteiger partial charge on any atom is -0.326 e. The lowest BCUT2D eigenvalue weighted by molar-refractivity contribution is -0.186. The molecule has 0 bridgehead atoms. The molecule has 6 nitrogen and oxygen atoms in total. The number of fused-ring (bicyclic) bond motifs is 3. The summed E-state index contributed by atoms with van der Waals surface area (Å²) in [6.07, 6.45) is -4.99. The minimum atomic E-state index is -4.99. The summed E-state index contributed by atoms with van der Waals surface area (Å²) in [6.45, 7) is 5.28. The van der Waals surface area contributed by atoms with E-state index in [2.05, 4.69) is 15.5 Å². The van der Waals surface area contributed by atoms with Crippen molar-refractivity contribution < 1.29 is 18.0 Å². The molecule has 0 fully saturated rings. The minimum absolute atomic E-state index is 0.183. The number of tetrazole rings is 1. The van der Waals surface area contributed by atoms with Gasteiger partial charge < -0.3 is 4.90 Å². The number of nitrogens with zero attached hydrogens (tertiary/aromatic N) is 5. The molecule has 0 atom stereocenters. The summed E-state index contributed by atoms with van der Waals surface area (Å²) in [4.78, 5) is 13.0. The Morgan fingerprint density at radius 2 is 1.71 bits per heavy atom. The van der Waals surface area contributed by atoms with E-state index in [1.807, 2.05) is 32.9 Å². The van der Waals surface area contributed by atoms with Crippen molar-refractivity contribution in [3.63, 3.8) is 0 Å². The highest BCUT2D eigenvalue weighted by molar-refractivity contribution is 5.87. The maximum absolute atomic E-state index is 13.3. The van der Waals surface area contributed by atoms with Crippen LogP contribution in [-0.2, 0) is 17.9 Å². The van der Waals surface area contributed by atoms with Crippen molar-refractivity contribution in [3.8, 4) is 0 Å². The van der Waals surface area contributed by atoms with Gasteiger partial charge in [0.25, 0.3) is 0 Å². The Morgan fingerprint density at radius 3 is 2.39 bits per heavy atom. The topological polar surface area (TPSA) is 63.4 Å². The third-order valence-corrected chi connectivity index (χ3v) is 5.16. The van der Waals surface area contributed by atoms with Crippen LogP contribution in [-0.4, -0.2) is 37.0 Å². The summed E-state index contributed by atoms with van der Waals surface area (Å²) in [5.74, 6) is -1.90. The van der Waals surface area contributed by atoms with Crippen LogP contribution in [0.5, 0.6) is 0 Å². The Labute approximate surface area is 176 Å². The van der Waals surface area contributed by atoms with E-state index in [1.165, 1.54) is 4.52 Å². The van der Waals surface area contributed by atoms with Gasteiger partial charge in [0.2, 0.25) is 0 Å². The maximum atomic E-state index is 13.3. The largest absolute Gasteiger partial charge is 0.471 e. The number of halogens is 3. The van der Waals surface area contributed by atoms with E-state index in [1.54, 1.807) is 30.3 Å². The summed E-state index contributed by atoms with van der Waals surface area (Å²) in [7, 11) is 0. The predicted octanol–water partition coefficient (Wildman–Crippen LogP) is 4.29.